The summed E-state index contributed by atoms with van der Waals surface area (Å²) < 4.78 is 17.7. The molecule has 1 aromatic rings. The fourth-order valence-electron chi connectivity index (χ4n) is 4.33. The summed E-state index contributed by atoms with van der Waals surface area (Å²) in [7, 11) is 0. The van der Waals surface area contributed by atoms with Gasteiger partial charge in [-0.2, -0.15) is 0 Å². The minimum Gasteiger partial charge on any atom is -0.457 e. The first-order valence-corrected chi connectivity index (χ1v) is 12.5. The van der Waals surface area contributed by atoms with Gasteiger partial charge in [-0.3, -0.25) is 9.59 Å². The molecule has 12 heteroatoms. The minimum absolute atomic E-state index is 0.0770. The molecule has 1 fully saturated rings. The minimum atomic E-state index is -0.917. The molecule has 5 atom stereocenters. The second-order valence-electron chi connectivity index (χ2n) is 8.04. The van der Waals surface area contributed by atoms with Crippen molar-refractivity contribution in [2.45, 2.75) is 62.4 Å². The molecule has 0 aromatic heterocycles. The molecule has 2 aliphatic heterocycles. The van der Waals surface area contributed by atoms with E-state index >= 15 is 0 Å². The number of azide groups is 1. The number of esters is 2. The smallest absolute Gasteiger partial charge is 0.303 e. The SMILES string of the molecule is CCN(CC)CCN1c2cc(Cl)ccc2S[C@H]2C(OC(C)=O)[C@H](OC(C)=O)[C@@H](CN=[N+]=[N-])O[C@H]21. The van der Waals surface area contributed by atoms with Crippen molar-refractivity contribution in [3.8, 4) is 0 Å². The van der Waals surface area contributed by atoms with Crippen LogP contribution in [0.4, 0.5) is 5.69 Å². The summed E-state index contributed by atoms with van der Waals surface area (Å²) in [6, 6.07) is 5.64. The molecular weight excluding hydrogens is 482 g/mol. The zero-order valence-corrected chi connectivity index (χ0v) is 21.3. The fourth-order valence-corrected chi connectivity index (χ4v) is 5.91. The Labute approximate surface area is 208 Å². The number of rotatable bonds is 9. The highest BCUT2D eigenvalue weighted by molar-refractivity contribution is 8.00. The van der Waals surface area contributed by atoms with Crippen LogP contribution in [0.5, 0.6) is 0 Å². The zero-order valence-electron chi connectivity index (χ0n) is 19.7. The summed E-state index contributed by atoms with van der Waals surface area (Å²) in [4.78, 5) is 32.2. The van der Waals surface area contributed by atoms with Crippen LogP contribution in [0.25, 0.3) is 10.4 Å². The van der Waals surface area contributed by atoms with E-state index in [9.17, 15) is 9.59 Å². The van der Waals surface area contributed by atoms with Gasteiger partial charge in [0, 0.05) is 41.8 Å². The summed E-state index contributed by atoms with van der Waals surface area (Å²) >= 11 is 7.84. The molecule has 10 nitrogen and oxygen atoms in total. The first-order chi connectivity index (χ1) is 16.3. The number of fused-ring (bicyclic) bond motifs is 2. The van der Waals surface area contributed by atoms with E-state index in [2.05, 4.69) is 33.7 Å². The molecule has 2 heterocycles. The Hall–Kier alpha value is -2.17. The lowest BCUT2D eigenvalue weighted by molar-refractivity contribution is -0.202. The van der Waals surface area contributed by atoms with Crippen LogP contribution >= 0.6 is 23.4 Å². The normalized spacial score (nSPS) is 25.7. The quantitative estimate of drug-likeness (QED) is 0.212. The lowest BCUT2D eigenvalue weighted by Gasteiger charge is -2.51. The second kappa shape index (κ2) is 12.0. The van der Waals surface area contributed by atoms with Crippen LogP contribution in [0.1, 0.15) is 27.7 Å². The van der Waals surface area contributed by atoms with Crippen LogP contribution in [-0.4, -0.2) is 79.4 Å². The Morgan fingerprint density at radius 3 is 2.53 bits per heavy atom. The van der Waals surface area contributed by atoms with E-state index in [1.165, 1.54) is 25.6 Å². The highest BCUT2D eigenvalue weighted by Crippen LogP contribution is 2.48. The summed E-state index contributed by atoms with van der Waals surface area (Å²) in [5.74, 6) is -1.04. The Kier molecular flexibility index (Phi) is 9.32. The Morgan fingerprint density at radius 2 is 1.91 bits per heavy atom. The van der Waals surface area contributed by atoms with Crippen molar-refractivity contribution in [2.75, 3.05) is 37.6 Å². The van der Waals surface area contributed by atoms with Gasteiger partial charge in [0.1, 0.15) is 12.3 Å². The average molecular weight is 512 g/mol. The molecule has 1 unspecified atom stereocenters. The molecule has 34 heavy (non-hydrogen) atoms. The summed E-state index contributed by atoms with van der Waals surface area (Å²) in [5, 5.41) is 3.87. The first-order valence-electron chi connectivity index (χ1n) is 11.2. The van der Waals surface area contributed by atoms with Crippen LogP contribution in [0, 0.1) is 0 Å². The van der Waals surface area contributed by atoms with Crippen molar-refractivity contribution in [1.29, 1.82) is 0 Å². The molecule has 0 saturated carbocycles. The molecule has 3 rings (SSSR count). The van der Waals surface area contributed by atoms with Crippen molar-refractivity contribution in [1.82, 2.24) is 4.90 Å². The van der Waals surface area contributed by atoms with E-state index in [4.69, 9.17) is 31.3 Å². The number of hydrogen-bond acceptors (Lipinski definition) is 9. The second-order valence-corrected chi connectivity index (χ2v) is 9.70. The number of hydrogen-bond donors (Lipinski definition) is 0. The number of benzene rings is 1. The third-order valence-electron chi connectivity index (χ3n) is 5.89. The predicted octanol–water partition coefficient (Wildman–Crippen LogP) is 3.86. The maximum absolute atomic E-state index is 12.1. The Balaban J connectivity index is 2.05. The molecule has 1 aromatic carbocycles. The molecule has 0 radical (unpaired) electrons. The predicted molar refractivity (Wildman–Crippen MR) is 130 cm³/mol. The van der Waals surface area contributed by atoms with Crippen molar-refractivity contribution >= 4 is 41.0 Å². The lowest BCUT2D eigenvalue weighted by atomic mass is 9.98. The average Bonchev–Trinajstić information content (AvgIpc) is 2.79. The molecule has 2 aliphatic rings. The number of nitrogens with zero attached hydrogens (tertiary/aromatic N) is 5. The molecule has 0 spiro atoms. The molecule has 1 saturated heterocycles. The van der Waals surface area contributed by atoms with Crippen molar-refractivity contribution < 1.29 is 23.8 Å². The topological polar surface area (TPSA) is 117 Å². The van der Waals surface area contributed by atoms with E-state index in [1.807, 2.05) is 18.2 Å². The van der Waals surface area contributed by atoms with Gasteiger partial charge in [-0.1, -0.05) is 30.6 Å². The Bertz CT molecular complexity index is 942. The van der Waals surface area contributed by atoms with Crippen LogP contribution in [-0.2, 0) is 23.8 Å². The number of ether oxygens (including phenoxy) is 3. The van der Waals surface area contributed by atoms with E-state index in [-0.39, 0.29) is 11.8 Å². The fraction of sp³-hybridized carbons (Fsp3) is 0.636. The third kappa shape index (κ3) is 6.09. The van der Waals surface area contributed by atoms with Crippen molar-refractivity contribution in [3.05, 3.63) is 33.7 Å². The van der Waals surface area contributed by atoms with Crippen molar-refractivity contribution in [3.63, 3.8) is 0 Å². The number of carbonyl (C=O) groups excluding carboxylic acids is 2. The van der Waals surface area contributed by atoms with E-state index in [1.54, 1.807) is 0 Å². The third-order valence-corrected chi connectivity index (χ3v) is 7.50. The number of thioether (sulfide) groups is 1. The molecule has 0 N–H and O–H groups in total. The summed E-state index contributed by atoms with van der Waals surface area (Å²) in [5.41, 5.74) is 9.81. The van der Waals surface area contributed by atoms with Crippen LogP contribution in [0.15, 0.2) is 28.2 Å². The van der Waals surface area contributed by atoms with Gasteiger partial charge in [-0.05, 0) is 36.8 Å². The van der Waals surface area contributed by atoms with Crippen LogP contribution in [0.2, 0.25) is 5.02 Å². The van der Waals surface area contributed by atoms with Gasteiger partial charge in [0.05, 0.1) is 17.5 Å². The van der Waals surface area contributed by atoms with Crippen molar-refractivity contribution in [2.24, 2.45) is 5.11 Å². The van der Waals surface area contributed by atoms with Gasteiger partial charge >= 0.3 is 11.9 Å². The number of carbonyl (C=O) groups is 2. The van der Waals surface area contributed by atoms with Gasteiger partial charge in [0.25, 0.3) is 0 Å². The number of anilines is 1. The number of likely N-dealkylation sites (N-methyl/N-ethyl adjacent to an activating group) is 1. The standard InChI is InChI=1S/C22H30ClN5O5S/c1-5-27(6-2)9-10-28-16-11-15(23)7-8-18(16)34-21-20(32-14(4)30)19(31-13(3)29)17(12-25-26-24)33-22(21)28/h7-8,11,17,19-22H,5-6,9-10,12H2,1-4H3/t17-,19-,20?,21+,22-/m1/s1. The van der Waals surface area contributed by atoms with E-state index in [0.29, 0.717) is 11.6 Å². The van der Waals surface area contributed by atoms with Crippen LogP contribution in [0.3, 0.4) is 0 Å². The maximum atomic E-state index is 12.1. The molecular formula is C22H30ClN5O5S. The highest BCUT2D eigenvalue weighted by atomic mass is 35.5. The largest absolute Gasteiger partial charge is 0.457 e. The summed E-state index contributed by atoms with van der Waals surface area (Å²) in [6.07, 6.45) is -3.03. The molecule has 0 bridgehead atoms. The van der Waals surface area contributed by atoms with Gasteiger partial charge < -0.3 is 24.0 Å². The van der Waals surface area contributed by atoms with Crippen LogP contribution < -0.4 is 4.90 Å². The van der Waals surface area contributed by atoms with E-state index in [0.717, 1.165) is 30.2 Å². The van der Waals surface area contributed by atoms with Gasteiger partial charge in [0.2, 0.25) is 0 Å². The molecule has 0 aliphatic carbocycles. The van der Waals surface area contributed by atoms with Gasteiger partial charge in [-0.15, -0.1) is 11.8 Å². The zero-order chi connectivity index (χ0) is 24.8. The molecule has 0 amide bonds. The summed E-state index contributed by atoms with van der Waals surface area (Å²) in [6.45, 7) is 9.96. The maximum Gasteiger partial charge on any atom is 0.303 e. The Morgan fingerprint density at radius 1 is 1.24 bits per heavy atom. The monoisotopic (exact) mass is 511 g/mol. The van der Waals surface area contributed by atoms with Gasteiger partial charge in [0.15, 0.2) is 12.2 Å². The number of halogens is 1. The molecule has 186 valence electrons. The first kappa shape index (κ1) is 26.4. The van der Waals surface area contributed by atoms with Gasteiger partial charge in [-0.25, -0.2) is 0 Å². The highest BCUT2D eigenvalue weighted by Gasteiger charge is 2.53. The lowest BCUT2D eigenvalue weighted by Crippen LogP contribution is -2.65. The van der Waals surface area contributed by atoms with E-state index < -0.39 is 36.5 Å².